The van der Waals surface area contributed by atoms with E-state index in [4.69, 9.17) is 4.42 Å². The van der Waals surface area contributed by atoms with Gasteiger partial charge in [0.15, 0.2) is 11.0 Å². The van der Waals surface area contributed by atoms with E-state index >= 15 is 0 Å². The first-order chi connectivity index (χ1) is 13.8. The van der Waals surface area contributed by atoms with Gasteiger partial charge < -0.3 is 14.3 Å². The predicted octanol–water partition coefficient (Wildman–Crippen LogP) is 2.91. The summed E-state index contributed by atoms with van der Waals surface area (Å²) in [5.74, 6) is 1.25. The van der Waals surface area contributed by atoms with Crippen molar-refractivity contribution in [1.29, 1.82) is 0 Å². The number of thioether (sulfide) groups is 1. The van der Waals surface area contributed by atoms with Gasteiger partial charge in [-0.25, -0.2) is 5.43 Å². The zero-order chi connectivity index (χ0) is 19.6. The number of nitrogens with one attached hydrogen (secondary N) is 2. The van der Waals surface area contributed by atoms with Crippen LogP contribution in [0.25, 0.3) is 0 Å². The quantitative estimate of drug-likeness (QED) is 0.237. The third-order valence-electron chi connectivity index (χ3n) is 3.59. The number of hydrogen-bond acceptors (Lipinski definition) is 7. The molecule has 0 fully saturated rings. The summed E-state index contributed by atoms with van der Waals surface area (Å²) >= 11 is 1.29. The Morgan fingerprint density at radius 3 is 2.86 bits per heavy atom. The number of hydrazone groups is 1. The van der Waals surface area contributed by atoms with Gasteiger partial charge in [-0.05, 0) is 24.3 Å². The summed E-state index contributed by atoms with van der Waals surface area (Å²) in [5.41, 5.74) is 3.45. The number of para-hydroxylation sites is 1. The van der Waals surface area contributed by atoms with Crippen molar-refractivity contribution in [2.45, 2.75) is 18.2 Å². The fraction of sp³-hybridized carbons (Fsp3) is 0.158. The number of anilines is 1. The van der Waals surface area contributed by atoms with Gasteiger partial charge in [0.05, 0.1) is 24.8 Å². The molecule has 0 saturated heterocycles. The Balaban J connectivity index is 1.54. The minimum atomic E-state index is -0.245. The van der Waals surface area contributed by atoms with Crippen molar-refractivity contribution in [2.24, 2.45) is 5.10 Å². The molecule has 0 aliphatic carbocycles. The molecule has 0 radical (unpaired) electrons. The predicted molar refractivity (Wildman–Crippen MR) is 109 cm³/mol. The van der Waals surface area contributed by atoms with E-state index in [1.54, 1.807) is 18.2 Å². The smallest absolute Gasteiger partial charge is 0.250 e. The summed E-state index contributed by atoms with van der Waals surface area (Å²) in [7, 11) is 0. The normalized spacial score (nSPS) is 10.9. The van der Waals surface area contributed by atoms with Crippen LogP contribution in [0.5, 0.6) is 0 Å². The lowest BCUT2D eigenvalue weighted by Crippen LogP contribution is -2.20. The van der Waals surface area contributed by atoms with E-state index in [0.29, 0.717) is 24.0 Å². The Kier molecular flexibility index (Phi) is 7.02. The maximum Gasteiger partial charge on any atom is 0.250 e. The maximum atomic E-state index is 12.0. The average Bonchev–Trinajstić information content (AvgIpc) is 3.36. The number of benzene rings is 1. The van der Waals surface area contributed by atoms with Crippen molar-refractivity contribution in [1.82, 2.24) is 20.2 Å². The highest BCUT2D eigenvalue weighted by Crippen LogP contribution is 2.18. The van der Waals surface area contributed by atoms with Gasteiger partial charge in [0.25, 0.3) is 5.91 Å². The highest BCUT2D eigenvalue weighted by molar-refractivity contribution is 7.99. The molecular formula is C19H20N6O2S. The molecule has 0 unspecified atom stereocenters. The lowest BCUT2D eigenvalue weighted by Gasteiger charge is -2.09. The third kappa shape index (κ3) is 5.58. The SMILES string of the molecule is C=CCn1c(CNc2ccccc2)nnc1SCC(=O)NN=Cc1ccco1. The van der Waals surface area contributed by atoms with Gasteiger partial charge in [-0.15, -0.1) is 16.8 Å². The van der Waals surface area contributed by atoms with Crippen LogP contribution in [0.15, 0.2) is 76.1 Å². The molecule has 8 nitrogen and oxygen atoms in total. The molecule has 0 aliphatic heterocycles. The number of hydrogen-bond donors (Lipinski definition) is 2. The first-order valence-electron chi connectivity index (χ1n) is 8.56. The Hall–Kier alpha value is -3.33. The largest absolute Gasteiger partial charge is 0.463 e. The summed E-state index contributed by atoms with van der Waals surface area (Å²) in [5, 5.41) is 16.2. The van der Waals surface area contributed by atoms with Gasteiger partial charge in [-0.1, -0.05) is 36.0 Å². The number of furan rings is 1. The van der Waals surface area contributed by atoms with Gasteiger partial charge in [-0.2, -0.15) is 5.10 Å². The van der Waals surface area contributed by atoms with Crippen molar-refractivity contribution in [3.63, 3.8) is 0 Å². The summed E-state index contributed by atoms with van der Waals surface area (Å²) in [6.07, 6.45) is 4.75. The van der Waals surface area contributed by atoms with Gasteiger partial charge in [-0.3, -0.25) is 4.79 Å². The van der Waals surface area contributed by atoms with Crippen molar-refractivity contribution >= 4 is 29.6 Å². The Morgan fingerprint density at radius 2 is 2.11 bits per heavy atom. The molecule has 2 N–H and O–H groups in total. The summed E-state index contributed by atoms with van der Waals surface area (Å²) in [6, 6.07) is 13.3. The Labute approximate surface area is 166 Å². The van der Waals surface area contributed by atoms with Gasteiger partial charge in [0, 0.05) is 12.2 Å². The van der Waals surface area contributed by atoms with E-state index in [-0.39, 0.29) is 11.7 Å². The van der Waals surface area contributed by atoms with Crippen LogP contribution in [0.1, 0.15) is 11.6 Å². The van der Waals surface area contributed by atoms with Crippen molar-refractivity contribution in [3.8, 4) is 0 Å². The lowest BCUT2D eigenvalue weighted by molar-refractivity contribution is -0.118. The number of carbonyl (C=O) groups is 1. The van der Waals surface area contributed by atoms with E-state index in [1.165, 1.54) is 24.2 Å². The highest BCUT2D eigenvalue weighted by atomic mass is 32.2. The van der Waals surface area contributed by atoms with E-state index in [1.807, 2.05) is 34.9 Å². The lowest BCUT2D eigenvalue weighted by atomic mass is 10.3. The molecule has 9 heteroatoms. The molecule has 0 atom stereocenters. The number of amides is 1. The van der Waals surface area contributed by atoms with E-state index in [2.05, 4.69) is 32.6 Å². The second-order valence-corrected chi connectivity index (χ2v) is 6.56. The molecule has 0 spiro atoms. The minimum absolute atomic E-state index is 0.164. The first kappa shape index (κ1) is 19.4. The van der Waals surface area contributed by atoms with Crippen LogP contribution in [0.2, 0.25) is 0 Å². The average molecular weight is 396 g/mol. The number of aromatic nitrogens is 3. The monoisotopic (exact) mass is 396 g/mol. The molecule has 0 bridgehead atoms. The van der Waals surface area contributed by atoms with Crippen LogP contribution < -0.4 is 10.7 Å². The molecule has 2 heterocycles. The fourth-order valence-corrected chi connectivity index (χ4v) is 3.06. The molecule has 1 aromatic carbocycles. The zero-order valence-electron chi connectivity index (χ0n) is 15.1. The summed E-state index contributed by atoms with van der Waals surface area (Å²) in [6.45, 7) is 4.86. The molecule has 0 saturated carbocycles. The van der Waals surface area contributed by atoms with Gasteiger partial charge >= 0.3 is 0 Å². The van der Waals surface area contributed by atoms with Gasteiger partial charge in [0.2, 0.25) is 0 Å². The van der Waals surface area contributed by atoms with E-state index in [0.717, 1.165) is 11.5 Å². The first-order valence-corrected chi connectivity index (χ1v) is 9.55. The molecule has 144 valence electrons. The minimum Gasteiger partial charge on any atom is -0.463 e. The highest BCUT2D eigenvalue weighted by Gasteiger charge is 2.13. The number of allylic oxidation sites excluding steroid dienone is 1. The van der Waals surface area contributed by atoms with Crippen molar-refractivity contribution < 1.29 is 9.21 Å². The second-order valence-electron chi connectivity index (χ2n) is 5.61. The van der Waals surface area contributed by atoms with Crippen LogP contribution >= 0.6 is 11.8 Å². The molecular weight excluding hydrogens is 376 g/mol. The van der Waals surface area contributed by atoms with Crippen LogP contribution in [-0.2, 0) is 17.9 Å². The van der Waals surface area contributed by atoms with Crippen molar-refractivity contribution in [2.75, 3.05) is 11.1 Å². The molecule has 0 aliphatic rings. The fourth-order valence-electron chi connectivity index (χ4n) is 2.30. The topological polar surface area (TPSA) is 97.3 Å². The maximum absolute atomic E-state index is 12.0. The molecule has 28 heavy (non-hydrogen) atoms. The third-order valence-corrected chi connectivity index (χ3v) is 4.55. The van der Waals surface area contributed by atoms with Crippen LogP contribution in [0, 0.1) is 0 Å². The Morgan fingerprint density at radius 1 is 1.25 bits per heavy atom. The molecule has 3 rings (SSSR count). The van der Waals surface area contributed by atoms with Crippen molar-refractivity contribution in [3.05, 3.63) is 73.0 Å². The summed E-state index contributed by atoms with van der Waals surface area (Å²) < 4.78 is 7.03. The van der Waals surface area contributed by atoms with E-state index in [9.17, 15) is 4.79 Å². The standard InChI is InChI=1S/C19H20N6O2S/c1-2-10-25-17(13-20-15-7-4-3-5-8-15)22-24-19(25)28-14-18(26)23-21-12-16-9-6-11-27-16/h2-9,11-12,20H,1,10,13-14H2,(H,23,26). The zero-order valence-corrected chi connectivity index (χ0v) is 15.9. The van der Waals surface area contributed by atoms with Crippen LogP contribution in [0.3, 0.4) is 0 Å². The number of rotatable bonds is 10. The molecule has 3 aromatic rings. The Bertz CT molecular complexity index is 921. The molecule has 1 amide bonds. The van der Waals surface area contributed by atoms with Crippen LogP contribution in [-0.4, -0.2) is 32.6 Å². The van der Waals surface area contributed by atoms with Crippen LogP contribution in [0.4, 0.5) is 5.69 Å². The van der Waals surface area contributed by atoms with Gasteiger partial charge in [0.1, 0.15) is 5.76 Å². The number of carbonyl (C=O) groups excluding carboxylic acids is 1. The van der Waals surface area contributed by atoms with E-state index < -0.39 is 0 Å². The second kappa shape index (κ2) is 10.1. The number of nitrogens with zero attached hydrogens (tertiary/aromatic N) is 4. The molecule has 2 aromatic heterocycles. The summed E-state index contributed by atoms with van der Waals surface area (Å²) in [4.78, 5) is 12.0.